The topological polar surface area (TPSA) is 67.6 Å². The Bertz CT molecular complexity index is 1760. The summed E-state index contributed by atoms with van der Waals surface area (Å²) in [6.45, 7) is 0.284. The van der Waals surface area contributed by atoms with E-state index in [-0.39, 0.29) is 18.0 Å². The van der Waals surface area contributed by atoms with Gasteiger partial charge < -0.3 is 4.90 Å². The molecule has 6 rings (SSSR count). The van der Waals surface area contributed by atoms with Crippen molar-refractivity contribution < 1.29 is 4.79 Å². The lowest BCUT2D eigenvalue weighted by Crippen LogP contribution is -2.32. The van der Waals surface area contributed by atoms with E-state index < -0.39 is 0 Å². The van der Waals surface area contributed by atoms with E-state index in [1.807, 2.05) is 36.4 Å². The maximum absolute atomic E-state index is 13.7. The number of thiazole rings is 1. The minimum absolute atomic E-state index is 0.266. The van der Waals surface area contributed by atoms with Gasteiger partial charge in [-0.15, -0.1) is 5.10 Å². The Labute approximate surface area is 221 Å². The van der Waals surface area contributed by atoms with Crippen LogP contribution >= 0.6 is 50.5 Å². The molecule has 0 fully saturated rings. The molecule has 1 amide bonds. The van der Waals surface area contributed by atoms with E-state index >= 15 is 0 Å². The Balaban J connectivity index is 1.52. The van der Waals surface area contributed by atoms with Crippen molar-refractivity contribution in [2.24, 2.45) is 0 Å². The lowest BCUT2D eigenvalue weighted by atomic mass is 10.1. The first-order chi connectivity index (χ1) is 16.9. The van der Waals surface area contributed by atoms with Crippen LogP contribution in [-0.2, 0) is 11.3 Å². The highest BCUT2D eigenvalue weighted by molar-refractivity contribution is 9.10. The molecule has 3 heterocycles. The summed E-state index contributed by atoms with van der Waals surface area (Å²) < 4.78 is 2.35. The fourth-order valence-electron chi connectivity index (χ4n) is 4.08. The summed E-state index contributed by atoms with van der Waals surface area (Å²) in [5.41, 5.74) is 2.91. The molecular formula is C25H13BrCl2N4O2S. The van der Waals surface area contributed by atoms with Crippen LogP contribution < -0.4 is 15.0 Å². The lowest BCUT2D eigenvalue weighted by Gasteiger charge is -2.18. The van der Waals surface area contributed by atoms with Gasteiger partial charge >= 0.3 is 0 Å². The van der Waals surface area contributed by atoms with Gasteiger partial charge in [-0.1, -0.05) is 68.7 Å². The summed E-state index contributed by atoms with van der Waals surface area (Å²) in [4.78, 5) is 33.7. The number of hydrogen-bond donors (Lipinski definition) is 0. The predicted molar refractivity (Wildman–Crippen MR) is 142 cm³/mol. The Morgan fingerprint density at radius 3 is 2.49 bits per heavy atom. The Morgan fingerprint density at radius 1 is 0.971 bits per heavy atom. The zero-order valence-corrected chi connectivity index (χ0v) is 21.6. The minimum atomic E-state index is -0.383. The smallest absolute Gasteiger partial charge is 0.291 e. The minimum Gasteiger partial charge on any atom is -0.303 e. The average molecular weight is 584 g/mol. The van der Waals surface area contributed by atoms with Crippen molar-refractivity contribution in [1.82, 2.24) is 14.6 Å². The normalized spacial score (nSPS) is 14.7. The first-order valence-corrected chi connectivity index (χ1v) is 12.8. The molecule has 0 unspecified atom stereocenters. The summed E-state index contributed by atoms with van der Waals surface area (Å²) in [6.07, 6.45) is 0. The summed E-state index contributed by atoms with van der Waals surface area (Å²) >= 11 is 17.0. The van der Waals surface area contributed by atoms with E-state index in [0.29, 0.717) is 42.2 Å². The fraction of sp³-hybridized carbons (Fsp3) is 0.0400. The number of benzene rings is 3. The number of aromatic nitrogens is 3. The first kappa shape index (κ1) is 22.4. The molecule has 0 saturated heterocycles. The first-order valence-electron chi connectivity index (χ1n) is 10.5. The van der Waals surface area contributed by atoms with Gasteiger partial charge in [-0.2, -0.15) is 9.50 Å². The van der Waals surface area contributed by atoms with Crippen LogP contribution in [0.5, 0.6) is 0 Å². The van der Waals surface area contributed by atoms with Crippen molar-refractivity contribution in [3.8, 4) is 11.4 Å². The zero-order chi connectivity index (χ0) is 24.3. The highest BCUT2D eigenvalue weighted by Gasteiger charge is 2.35. The predicted octanol–water partition coefficient (Wildman–Crippen LogP) is 5.35. The molecule has 0 bridgehead atoms. The molecule has 35 heavy (non-hydrogen) atoms. The van der Waals surface area contributed by atoms with Crippen molar-refractivity contribution in [2.75, 3.05) is 4.90 Å². The van der Waals surface area contributed by atoms with Gasteiger partial charge in [0.2, 0.25) is 4.96 Å². The molecule has 6 nitrogen and oxygen atoms in total. The van der Waals surface area contributed by atoms with E-state index in [4.69, 9.17) is 23.2 Å². The van der Waals surface area contributed by atoms with Crippen LogP contribution in [0.1, 0.15) is 11.1 Å². The van der Waals surface area contributed by atoms with Gasteiger partial charge in [0.15, 0.2) is 5.82 Å². The lowest BCUT2D eigenvalue weighted by molar-refractivity contribution is -0.113. The van der Waals surface area contributed by atoms with Crippen LogP contribution in [0.25, 0.3) is 21.9 Å². The van der Waals surface area contributed by atoms with Crippen LogP contribution in [0.2, 0.25) is 10.0 Å². The second-order valence-electron chi connectivity index (χ2n) is 7.89. The molecule has 0 radical (unpaired) electrons. The number of carbonyl (C=O) groups is 1. The van der Waals surface area contributed by atoms with Gasteiger partial charge in [-0.05, 0) is 54.1 Å². The van der Waals surface area contributed by atoms with Crippen molar-refractivity contribution in [3.05, 3.63) is 107 Å². The third-order valence-corrected chi connectivity index (χ3v) is 7.89. The molecule has 0 N–H and O–H groups in total. The van der Waals surface area contributed by atoms with Crippen LogP contribution in [0, 0.1) is 0 Å². The van der Waals surface area contributed by atoms with E-state index in [1.54, 1.807) is 35.2 Å². The van der Waals surface area contributed by atoms with Crippen LogP contribution in [0.15, 0.2) is 76.0 Å². The molecule has 0 saturated carbocycles. The molecule has 10 heteroatoms. The van der Waals surface area contributed by atoms with Crippen molar-refractivity contribution in [3.63, 3.8) is 0 Å². The Morgan fingerprint density at radius 2 is 1.74 bits per heavy atom. The van der Waals surface area contributed by atoms with Gasteiger partial charge in [0.05, 0.1) is 17.8 Å². The molecule has 172 valence electrons. The number of halogens is 3. The summed E-state index contributed by atoms with van der Waals surface area (Å²) in [7, 11) is 0. The molecule has 3 aromatic carbocycles. The van der Waals surface area contributed by atoms with E-state index in [2.05, 4.69) is 26.0 Å². The molecule has 1 aliphatic rings. The quantitative estimate of drug-likeness (QED) is 0.287. The third-order valence-electron chi connectivity index (χ3n) is 5.75. The number of fused-ring (bicyclic) bond motifs is 2. The second kappa shape index (κ2) is 8.57. The number of carbonyl (C=O) groups excluding carboxylic acids is 1. The van der Waals surface area contributed by atoms with Crippen molar-refractivity contribution in [1.29, 1.82) is 0 Å². The molecule has 1 aliphatic heterocycles. The molecule has 0 aliphatic carbocycles. The Hall–Kier alpha value is -3.04. The summed E-state index contributed by atoms with van der Waals surface area (Å²) in [6, 6.07) is 20.0. The van der Waals surface area contributed by atoms with Crippen molar-refractivity contribution >= 4 is 72.6 Å². The number of nitrogens with zero attached hydrogens (tertiary/aromatic N) is 4. The Kier molecular flexibility index (Phi) is 5.49. The van der Waals surface area contributed by atoms with E-state index in [0.717, 1.165) is 26.9 Å². The molecular weight excluding hydrogens is 571 g/mol. The number of hydrogen-bond acceptors (Lipinski definition) is 5. The monoisotopic (exact) mass is 582 g/mol. The molecule has 2 aromatic heterocycles. The molecule has 5 aromatic rings. The number of rotatable bonds is 3. The zero-order valence-electron chi connectivity index (χ0n) is 17.7. The van der Waals surface area contributed by atoms with Crippen LogP contribution in [0.4, 0.5) is 5.69 Å². The third kappa shape index (κ3) is 3.77. The standard InChI is InChI=1S/C25H13BrCl2N4O2S/c26-15-7-10-19-17(11-15)20(23(33)31(19)12-14-3-1-2-4-18(14)28)21-24(34)32-25(35-21)29-22(30-32)13-5-8-16(27)9-6-13/h1-11H,12H2/b21-20-. The summed E-state index contributed by atoms with van der Waals surface area (Å²) in [5, 5.41) is 5.57. The number of amides is 1. The van der Waals surface area contributed by atoms with Gasteiger partial charge in [0.25, 0.3) is 11.5 Å². The largest absolute Gasteiger partial charge is 0.303 e. The van der Waals surface area contributed by atoms with E-state index in [9.17, 15) is 9.59 Å². The van der Waals surface area contributed by atoms with Crippen LogP contribution in [0.3, 0.4) is 0 Å². The van der Waals surface area contributed by atoms with Gasteiger partial charge in [0, 0.05) is 25.6 Å². The summed E-state index contributed by atoms with van der Waals surface area (Å²) in [5.74, 6) is 0.153. The van der Waals surface area contributed by atoms with Gasteiger partial charge in [-0.3, -0.25) is 9.59 Å². The maximum atomic E-state index is 13.7. The average Bonchev–Trinajstić information content (AvgIpc) is 3.47. The molecule has 0 atom stereocenters. The molecule has 0 spiro atoms. The fourth-order valence-corrected chi connectivity index (χ4v) is 5.76. The SMILES string of the molecule is O=C1/C(=c2\sc3nc(-c4ccc(Cl)cc4)nn3c2=O)c2cc(Br)ccc2N1Cc1ccccc1Cl. The van der Waals surface area contributed by atoms with E-state index in [1.165, 1.54) is 4.52 Å². The highest BCUT2D eigenvalue weighted by Crippen LogP contribution is 2.38. The second-order valence-corrected chi connectivity index (χ2v) is 10.6. The van der Waals surface area contributed by atoms with Gasteiger partial charge in [0.1, 0.15) is 4.53 Å². The van der Waals surface area contributed by atoms with Crippen LogP contribution in [-0.4, -0.2) is 20.5 Å². The van der Waals surface area contributed by atoms with Crippen molar-refractivity contribution in [2.45, 2.75) is 6.54 Å². The number of anilines is 1. The highest BCUT2D eigenvalue weighted by atomic mass is 79.9. The van der Waals surface area contributed by atoms with Gasteiger partial charge in [-0.25, -0.2) is 0 Å². The maximum Gasteiger partial charge on any atom is 0.291 e.